The van der Waals surface area contributed by atoms with Crippen molar-refractivity contribution in [1.29, 1.82) is 0 Å². The molecule has 1 aliphatic carbocycles. The van der Waals surface area contributed by atoms with E-state index in [4.69, 9.17) is 10.5 Å². The molecule has 114 valence electrons. The minimum absolute atomic E-state index is 0.331. The third-order valence-corrected chi connectivity index (χ3v) is 5.00. The number of carbonyl (C=O) groups excluding carboxylic acids is 1. The van der Waals surface area contributed by atoms with Crippen LogP contribution in [0.3, 0.4) is 0 Å². The van der Waals surface area contributed by atoms with Gasteiger partial charge < -0.3 is 15.4 Å². The molecule has 0 amide bonds. The highest BCUT2D eigenvalue weighted by atomic mass is 16.5. The summed E-state index contributed by atoms with van der Waals surface area (Å²) in [5, 5.41) is 0. The number of piperidine rings is 1. The lowest BCUT2D eigenvalue weighted by atomic mass is 9.78. The number of hydrogen-bond acceptors (Lipinski definition) is 4. The van der Waals surface area contributed by atoms with Gasteiger partial charge in [0.25, 0.3) is 0 Å². The molecule has 21 heavy (non-hydrogen) atoms. The number of fused-ring (bicyclic) bond motifs is 1. The Hall–Kier alpha value is -1.71. The lowest BCUT2D eigenvalue weighted by molar-refractivity contribution is 0.0601. The quantitative estimate of drug-likeness (QED) is 0.670. The van der Waals surface area contributed by atoms with Crippen LogP contribution in [0, 0.1) is 5.92 Å². The molecule has 1 saturated heterocycles. The van der Waals surface area contributed by atoms with Gasteiger partial charge in [-0.15, -0.1) is 0 Å². The van der Waals surface area contributed by atoms with Crippen LogP contribution < -0.4 is 10.6 Å². The Morgan fingerprint density at radius 3 is 2.76 bits per heavy atom. The van der Waals surface area contributed by atoms with Gasteiger partial charge in [-0.1, -0.05) is 12.8 Å². The van der Waals surface area contributed by atoms with Gasteiger partial charge in [0.2, 0.25) is 0 Å². The molecule has 1 aromatic rings. The summed E-state index contributed by atoms with van der Waals surface area (Å²) in [4.78, 5) is 14.1. The number of nitrogens with zero attached hydrogens (tertiary/aromatic N) is 1. The Morgan fingerprint density at radius 1 is 1.24 bits per heavy atom. The number of methoxy groups -OCH3 is 1. The maximum Gasteiger partial charge on any atom is 0.337 e. The van der Waals surface area contributed by atoms with Crippen molar-refractivity contribution in [2.24, 2.45) is 5.92 Å². The number of hydrogen-bond donors (Lipinski definition) is 1. The van der Waals surface area contributed by atoms with Gasteiger partial charge in [-0.25, -0.2) is 4.79 Å². The fourth-order valence-corrected chi connectivity index (χ4v) is 3.98. The van der Waals surface area contributed by atoms with E-state index in [2.05, 4.69) is 4.90 Å². The van der Waals surface area contributed by atoms with Crippen LogP contribution in [0.15, 0.2) is 18.2 Å². The molecule has 2 aliphatic rings. The van der Waals surface area contributed by atoms with Crippen molar-refractivity contribution in [3.05, 3.63) is 23.8 Å². The highest BCUT2D eigenvalue weighted by molar-refractivity contribution is 5.92. The highest BCUT2D eigenvalue weighted by Crippen LogP contribution is 2.39. The number of benzene rings is 1. The van der Waals surface area contributed by atoms with Crippen LogP contribution in [0.4, 0.5) is 11.4 Å². The van der Waals surface area contributed by atoms with Gasteiger partial charge in [0.1, 0.15) is 0 Å². The first kappa shape index (κ1) is 14.2. The maximum absolute atomic E-state index is 11.6. The van der Waals surface area contributed by atoms with Crippen molar-refractivity contribution in [3.63, 3.8) is 0 Å². The molecule has 1 aromatic carbocycles. The molecule has 0 radical (unpaired) electrons. The Kier molecular flexibility index (Phi) is 4.04. The number of esters is 1. The van der Waals surface area contributed by atoms with Gasteiger partial charge in [0.15, 0.2) is 0 Å². The van der Waals surface area contributed by atoms with E-state index in [-0.39, 0.29) is 5.97 Å². The molecule has 1 heterocycles. The molecular weight excluding hydrogens is 264 g/mol. The molecule has 0 spiro atoms. The van der Waals surface area contributed by atoms with Crippen molar-refractivity contribution >= 4 is 17.3 Å². The zero-order valence-corrected chi connectivity index (χ0v) is 12.7. The second kappa shape index (κ2) is 5.96. The molecule has 0 bridgehead atoms. The number of ether oxygens (including phenoxy) is 1. The monoisotopic (exact) mass is 288 g/mol. The van der Waals surface area contributed by atoms with Crippen LogP contribution in [0.2, 0.25) is 0 Å². The minimum atomic E-state index is -0.331. The van der Waals surface area contributed by atoms with Crippen molar-refractivity contribution in [2.75, 3.05) is 24.3 Å². The molecule has 1 aliphatic heterocycles. The normalized spacial score (nSPS) is 25.3. The predicted molar refractivity (Wildman–Crippen MR) is 84.5 cm³/mol. The molecule has 0 aromatic heterocycles. The second-order valence-electron chi connectivity index (χ2n) is 6.21. The van der Waals surface area contributed by atoms with Gasteiger partial charge in [-0.05, 0) is 49.8 Å². The first-order valence-electron chi connectivity index (χ1n) is 7.95. The van der Waals surface area contributed by atoms with Crippen LogP contribution in [0.25, 0.3) is 0 Å². The fourth-order valence-electron chi connectivity index (χ4n) is 3.98. The summed E-state index contributed by atoms with van der Waals surface area (Å²) in [6.07, 6.45) is 7.88. The number of rotatable bonds is 2. The molecule has 0 unspecified atom stereocenters. The van der Waals surface area contributed by atoms with E-state index in [0.717, 1.165) is 18.2 Å². The number of carbonyl (C=O) groups is 1. The number of nitrogen functional groups attached to an aromatic ring is 1. The summed E-state index contributed by atoms with van der Waals surface area (Å²) < 4.78 is 4.75. The van der Waals surface area contributed by atoms with Gasteiger partial charge in [0.05, 0.1) is 24.0 Å². The average Bonchev–Trinajstić information content (AvgIpc) is 2.53. The third-order valence-electron chi connectivity index (χ3n) is 5.00. The Bertz CT molecular complexity index is 528. The van der Waals surface area contributed by atoms with Gasteiger partial charge in [0, 0.05) is 12.6 Å². The fraction of sp³-hybridized carbons (Fsp3) is 0.588. The molecule has 4 nitrogen and oxygen atoms in total. The second-order valence-corrected chi connectivity index (χ2v) is 6.21. The summed E-state index contributed by atoms with van der Waals surface area (Å²) >= 11 is 0. The SMILES string of the molecule is COC(=O)c1ccc(N2CCC[C@H]3CCCC[C@H]32)c(N)c1. The van der Waals surface area contributed by atoms with Gasteiger partial charge >= 0.3 is 5.97 Å². The number of anilines is 2. The molecule has 2 atom stereocenters. The van der Waals surface area contributed by atoms with Crippen LogP contribution in [0.5, 0.6) is 0 Å². The molecule has 1 saturated carbocycles. The average molecular weight is 288 g/mol. The Labute approximate surface area is 126 Å². The smallest absolute Gasteiger partial charge is 0.337 e. The summed E-state index contributed by atoms with van der Waals surface area (Å²) in [7, 11) is 1.39. The van der Waals surface area contributed by atoms with E-state index in [1.54, 1.807) is 6.07 Å². The molecular formula is C17H24N2O2. The summed E-state index contributed by atoms with van der Waals surface area (Å²) in [6.45, 7) is 1.07. The van der Waals surface area contributed by atoms with Crippen LogP contribution in [-0.2, 0) is 4.74 Å². The predicted octanol–water partition coefficient (Wildman–Crippen LogP) is 3.21. The maximum atomic E-state index is 11.6. The lowest BCUT2D eigenvalue weighted by Crippen LogP contribution is -2.47. The number of nitrogens with two attached hydrogens (primary N) is 1. The van der Waals surface area contributed by atoms with Crippen molar-refractivity contribution in [2.45, 2.75) is 44.6 Å². The van der Waals surface area contributed by atoms with E-state index < -0.39 is 0 Å². The molecule has 4 heteroatoms. The van der Waals surface area contributed by atoms with Crippen LogP contribution >= 0.6 is 0 Å². The van der Waals surface area contributed by atoms with Crippen molar-refractivity contribution in [3.8, 4) is 0 Å². The summed E-state index contributed by atoms with van der Waals surface area (Å²) in [5.41, 5.74) is 8.51. The van der Waals surface area contributed by atoms with E-state index in [0.29, 0.717) is 17.3 Å². The topological polar surface area (TPSA) is 55.6 Å². The third kappa shape index (κ3) is 2.71. The van der Waals surface area contributed by atoms with Crippen molar-refractivity contribution in [1.82, 2.24) is 0 Å². The van der Waals surface area contributed by atoms with E-state index >= 15 is 0 Å². The standard InChI is InChI=1S/C17H24N2O2/c1-21-17(20)13-8-9-16(14(18)11-13)19-10-4-6-12-5-2-3-7-15(12)19/h8-9,11-12,15H,2-7,10,18H2,1H3/t12-,15-/m1/s1. The first-order valence-corrected chi connectivity index (χ1v) is 7.95. The molecule has 2 fully saturated rings. The zero-order valence-electron chi connectivity index (χ0n) is 12.7. The first-order chi connectivity index (χ1) is 10.2. The summed E-state index contributed by atoms with van der Waals surface area (Å²) in [6, 6.07) is 6.18. The Balaban J connectivity index is 1.86. The zero-order chi connectivity index (χ0) is 14.8. The van der Waals surface area contributed by atoms with E-state index in [1.807, 2.05) is 12.1 Å². The largest absolute Gasteiger partial charge is 0.465 e. The minimum Gasteiger partial charge on any atom is -0.465 e. The van der Waals surface area contributed by atoms with E-state index in [1.165, 1.54) is 45.6 Å². The highest BCUT2D eigenvalue weighted by Gasteiger charge is 2.34. The molecule has 2 N–H and O–H groups in total. The van der Waals surface area contributed by atoms with Gasteiger partial charge in [-0.3, -0.25) is 0 Å². The lowest BCUT2D eigenvalue weighted by Gasteiger charge is -2.45. The van der Waals surface area contributed by atoms with E-state index in [9.17, 15) is 4.79 Å². The Morgan fingerprint density at radius 2 is 2.00 bits per heavy atom. The van der Waals surface area contributed by atoms with Crippen LogP contribution in [0.1, 0.15) is 48.9 Å². The van der Waals surface area contributed by atoms with Crippen molar-refractivity contribution < 1.29 is 9.53 Å². The molecule has 3 rings (SSSR count). The van der Waals surface area contributed by atoms with Crippen LogP contribution in [-0.4, -0.2) is 25.7 Å². The summed E-state index contributed by atoms with van der Waals surface area (Å²) in [5.74, 6) is 0.481. The van der Waals surface area contributed by atoms with Gasteiger partial charge in [-0.2, -0.15) is 0 Å².